The smallest absolute Gasteiger partial charge is 0.261 e. The third kappa shape index (κ3) is 3.41. The van der Waals surface area contributed by atoms with E-state index in [2.05, 4.69) is 25.6 Å². The number of hydrogen-bond acceptors (Lipinski definition) is 7. The zero-order chi connectivity index (χ0) is 20.7. The molecule has 156 valence electrons. The van der Waals surface area contributed by atoms with Crippen LogP contribution < -0.4 is 20.3 Å². The van der Waals surface area contributed by atoms with Crippen LogP contribution in [0.5, 0.6) is 5.75 Å². The molecule has 1 amide bonds. The molecule has 0 atom stereocenters. The summed E-state index contributed by atoms with van der Waals surface area (Å²) in [6, 6.07) is 5.71. The number of carbonyl (C=O) groups excluding carboxylic acids is 1. The number of nitrogens with one attached hydrogen (secondary N) is 2. The van der Waals surface area contributed by atoms with Crippen LogP contribution in [-0.4, -0.2) is 59.0 Å². The van der Waals surface area contributed by atoms with Gasteiger partial charge in [-0.25, -0.2) is 9.50 Å². The van der Waals surface area contributed by atoms with Crippen molar-refractivity contribution >= 4 is 28.6 Å². The Hall–Kier alpha value is -3.33. The largest absolute Gasteiger partial charge is 0.484 e. The fraction of sp³-hybridized carbons (Fsp3) is 0.381. The summed E-state index contributed by atoms with van der Waals surface area (Å²) in [5, 5.41) is 10.7. The molecule has 1 fully saturated rings. The van der Waals surface area contributed by atoms with Crippen molar-refractivity contribution in [3.05, 3.63) is 42.4 Å². The lowest BCUT2D eigenvalue weighted by Gasteiger charge is -2.36. The summed E-state index contributed by atoms with van der Waals surface area (Å²) in [4.78, 5) is 19.6. The van der Waals surface area contributed by atoms with E-state index in [1.54, 1.807) is 23.0 Å². The second-order valence-electron chi connectivity index (χ2n) is 8.08. The molecule has 0 bridgehead atoms. The Morgan fingerprint density at radius 1 is 1.27 bits per heavy atom. The summed E-state index contributed by atoms with van der Waals surface area (Å²) in [5.74, 6) is 0.526. The van der Waals surface area contributed by atoms with Crippen molar-refractivity contribution in [2.24, 2.45) is 0 Å². The van der Waals surface area contributed by atoms with E-state index >= 15 is 0 Å². The fourth-order valence-corrected chi connectivity index (χ4v) is 3.78. The molecule has 9 nitrogen and oxygen atoms in total. The average Bonchev–Trinajstić information content (AvgIpc) is 3.18. The van der Waals surface area contributed by atoms with Crippen LogP contribution in [0.15, 0.2) is 36.8 Å². The number of carbonyl (C=O) groups is 1. The molecule has 0 unspecified atom stereocenters. The van der Waals surface area contributed by atoms with Crippen molar-refractivity contribution in [2.75, 3.05) is 48.4 Å². The van der Waals surface area contributed by atoms with Gasteiger partial charge in [0.15, 0.2) is 5.65 Å². The summed E-state index contributed by atoms with van der Waals surface area (Å²) < 4.78 is 13.3. The Balaban J connectivity index is 1.52. The Morgan fingerprint density at radius 3 is 2.93 bits per heavy atom. The minimum absolute atomic E-state index is 0.254. The number of anilines is 3. The van der Waals surface area contributed by atoms with Gasteiger partial charge in [-0.05, 0) is 26.0 Å². The lowest BCUT2D eigenvalue weighted by Crippen LogP contribution is -2.40. The van der Waals surface area contributed by atoms with Crippen molar-refractivity contribution in [1.82, 2.24) is 14.6 Å². The van der Waals surface area contributed by atoms with Crippen LogP contribution in [0.25, 0.3) is 5.65 Å². The van der Waals surface area contributed by atoms with E-state index < -0.39 is 0 Å². The topological polar surface area (TPSA) is 93.0 Å². The summed E-state index contributed by atoms with van der Waals surface area (Å²) in [7, 11) is 0. The fourth-order valence-electron chi connectivity index (χ4n) is 3.78. The van der Waals surface area contributed by atoms with Crippen molar-refractivity contribution < 1.29 is 14.3 Å². The second kappa shape index (κ2) is 7.17. The van der Waals surface area contributed by atoms with E-state index in [4.69, 9.17) is 9.47 Å². The van der Waals surface area contributed by atoms with Gasteiger partial charge in [0.1, 0.15) is 16.9 Å². The molecule has 2 aliphatic rings. The molecule has 3 aromatic rings. The first-order chi connectivity index (χ1) is 14.5. The van der Waals surface area contributed by atoms with E-state index in [0.717, 1.165) is 30.2 Å². The number of rotatable bonds is 3. The standard InChI is InChI=1S/C21H24N6O3/c1-21(2)13-23-16-10-15(17(11-18(16)30-21)26-6-8-29-9-7-26)25-20(28)14-12-24-27-5-3-4-22-19(14)27/h3-5,10-12,23H,6-9,13H2,1-2H3,(H,25,28). The first-order valence-electron chi connectivity index (χ1n) is 10.0. The Labute approximate surface area is 174 Å². The molecule has 0 saturated carbocycles. The molecule has 30 heavy (non-hydrogen) atoms. The molecule has 0 aliphatic carbocycles. The summed E-state index contributed by atoms with van der Waals surface area (Å²) >= 11 is 0. The van der Waals surface area contributed by atoms with Gasteiger partial charge in [0.05, 0.1) is 43.0 Å². The third-order valence-electron chi connectivity index (χ3n) is 5.31. The lowest BCUT2D eigenvalue weighted by atomic mass is 10.1. The minimum Gasteiger partial charge on any atom is -0.484 e. The van der Waals surface area contributed by atoms with Crippen LogP contribution in [0.4, 0.5) is 17.1 Å². The highest BCUT2D eigenvalue weighted by molar-refractivity contribution is 6.09. The predicted molar refractivity (Wildman–Crippen MR) is 114 cm³/mol. The van der Waals surface area contributed by atoms with Gasteiger partial charge >= 0.3 is 0 Å². The van der Waals surface area contributed by atoms with Crippen LogP contribution in [0.1, 0.15) is 24.2 Å². The number of ether oxygens (including phenoxy) is 2. The molecule has 5 rings (SSSR count). The first kappa shape index (κ1) is 18.7. The normalized spacial score (nSPS) is 17.7. The summed E-state index contributed by atoms with van der Waals surface area (Å²) in [5.41, 5.74) is 3.12. The number of hydrogen-bond donors (Lipinski definition) is 2. The third-order valence-corrected chi connectivity index (χ3v) is 5.31. The molecule has 2 aliphatic heterocycles. The predicted octanol–water partition coefficient (Wildman–Crippen LogP) is 2.40. The maximum absolute atomic E-state index is 13.1. The average molecular weight is 408 g/mol. The molecule has 1 saturated heterocycles. The maximum atomic E-state index is 13.1. The molecule has 1 aromatic carbocycles. The molecular formula is C21H24N6O3. The van der Waals surface area contributed by atoms with Gasteiger partial charge in [-0.3, -0.25) is 4.79 Å². The molecule has 0 radical (unpaired) electrons. The van der Waals surface area contributed by atoms with Crippen molar-refractivity contribution in [3.8, 4) is 5.75 Å². The molecule has 4 heterocycles. The number of nitrogens with zero attached hydrogens (tertiary/aromatic N) is 4. The molecule has 0 spiro atoms. The van der Waals surface area contributed by atoms with Crippen molar-refractivity contribution in [3.63, 3.8) is 0 Å². The summed E-state index contributed by atoms with van der Waals surface area (Å²) in [6.45, 7) is 7.56. The highest BCUT2D eigenvalue weighted by atomic mass is 16.5. The molecular weight excluding hydrogens is 384 g/mol. The van der Waals surface area contributed by atoms with E-state index in [-0.39, 0.29) is 11.5 Å². The van der Waals surface area contributed by atoms with E-state index in [1.165, 1.54) is 6.20 Å². The molecule has 2 aromatic heterocycles. The summed E-state index contributed by atoms with van der Waals surface area (Å²) in [6.07, 6.45) is 4.95. The van der Waals surface area contributed by atoms with Crippen LogP contribution >= 0.6 is 0 Å². The number of amides is 1. The van der Waals surface area contributed by atoms with E-state index in [1.807, 2.05) is 26.0 Å². The van der Waals surface area contributed by atoms with Crippen LogP contribution in [-0.2, 0) is 4.74 Å². The second-order valence-corrected chi connectivity index (χ2v) is 8.08. The van der Waals surface area contributed by atoms with Gasteiger partial charge in [-0.2, -0.15) is 5.10 Å². The zero-order valence-electron chi connectivity index (χ0n) is 17.0. The number of aromatic nitrogens is 3. The maximum Gasteiger partial charge on any atom is 0.261 e. The zero-order valence-corrected chi connectivity index (χ0v) is 17.0. The Kier molecular flexibility index (Phi) is 4.47. The molecule has 2 N–H and O–H groups in total. The van der Waals surface area contributed by atoms with Gasteiger partial charge in [-0.1, -0.05) is 0 Å². The Bertz CT molecular complexity index is 1100. The lowest BCUT2D eigenvalue weighted by molar-refractivity contribution is 0.102. The minimum atomic E-state index is -0.303. The van der Waals surface area contributed by atoms with E-state index in [0.29, 0.717) is 36.7 Å². The van der Waals surface area contributed by atoms with E-state index in [9.17, 15) is 4.79 Å². The van der Waals surface area contributed by atoms with Crippen LogP contribution in [0.3, 0.4) is 0 Å². The number of morpholine rings is 1. The van der Waals surface area contributed by atoms with Crippen LogP contribution in [0.2, 0.25) is 0 Å². The number of fused-ring (bicyclic) bond motifs is 2. The van der Waals surface area contributed by atoms with Crippen molar-refractivity contribution in [2.45, 2.75) is 19.4 Å². The number of benzene rings is 1. The van der Waals surface area contributed by atoms with Crippen molar-refractivity contribution in [1.29, 1.82) is 0 Å². The monoisotopic (exact) mass is 408 g/mol. The van der Waals surface area contributed by atoms with Gasteiger partial charge in [0.2, 0.25) is 0 Å². The van der Waals surface area contributed by atoms with Gasteiger partial charge < -0.3 is 25.0 Å². The SMILES string of the molecule is CC1(C)CNc2cc(NC(=O)c3cnn4cccnc34)c(N3CCOCC3)cc2O1. The van der Waals surface area contributed by atoms with Gasteiger partial charge in [0, 0.05) is 31.5 Å². The molecule has 9 heteroatoms. The first-order valence-corrected chi connectivity index (χ1v) is 10.0. The van der Waals surface area contributed by atoms with Crippen LogP contribution in [0, 0.1) is 0 Å². The quantitative estimate of drug-likeness (QED) is 0.687. The van der Waals surface area contributed by atoms with Gasteiger partial charge in [-0.15, -0.1) is 0 Å². The highest BCUT2D eigenvalue weighted by Gasteiger charge is 2.29. The Morgan fingerprint density at radius 2 is 2.10 bits per heavy atom. The highest BCUT2D eigenvalue weighted by Crippen LogP contribution is 2.41. The van der Waals surface area contributed by atoms with Gasteiger partial charge in [0.25, 0.3) is 5.91 Å².